The van der Waals surface area contributed by atoms with Crippen molar-refractivity contribution in [3.63, 3.8) is 0 Å². The monoisotopic (exact) mass is 556 g/mol. The van der Waals surface area contributed by atoms with Crippen molar-refractivity contribution in [1.82, 2.24) is 20.5 Å². The van der Waals surface area contributed by atoms with Gasteiger partial charge in [0.2, 0.25) is 0 Å². The number of carbonyl (C=O) groups excluding carboxylic acids is 3. The average Bonchev–Trinajstić information content (AvgIpc) is 3.52. The number of ketones is 3. The minimum atomic E-state index is -1.60. The number of hydrogen-bond acceptors (Lipinski definition) is 9. The third-order valence-corrected chi connectivity index (χ3v) is 7.80. The lowest BCUT2D eigenvalue weighted by molar-refractivity contribution is -0.123. The van der Waals surface area contributed by atoms with Gasteiger partial charge >= 0.3 is 0 Å². The van der Waals surface area contributed by atoms with Gasteiger partial charge in [0.25, 0.3) is 0 Å². The number of carbonyl (C=O) groups is 3. The van der Waals surface area contributed by atoms with Gasteiger partial charge in [-0.1, -0.05) is 44.2 Å². The predicted octanol–water partition coefficient (Wildman–Crippen LogP) is 4.38. The van der Waals surface area contributed by atoms with Gasteiger partial charge in [-0.3, -0.25) is 19.5 Å². The van der Waals surface area contributed by atoms with Crippen LogP contribution in [0.25, 0.3) is 0 Å². The molecule has 0 spiro atoms. The number of aromatic hydroxyl groups is 2. The van der Waals surface area contributed by atoms with Gasteiger partial charge in [0.1, 0.15) is 39.8 Å². The van der Waals surface area contributed by atoms with Gasteiger partial charge in [-0.25, -0.2) is 4.98 Å². The SMILES string of the molecule is CC(=O)c1c(O)c(C)c(O)c2c1OC1=CC(=O)/C(=C(/C)N[C@H](Cc3ccccc3)c3nc(C(C)C)n[nH]3)C(=O)[C@@]12C. The lowest BCUT2D eigenvalue weighted by Crippen LogP contribution is -2.41. The van der Waals surface area contributed by atoms with Gasteiger partial charge < -0.3 is 20.3 Å². The van der Waals surface area contributed by atoms with Crippen LogP contribution in [-0.2, 0) is 21.4 Å². The molecule has 0 fully saturated rings. The Balaban J connectivity index is 1.60. The Hall–Kier alpha value is -4.73. The van der Waals surface area contributed by atoms with Crippen LogP contribution in [0.15, 0.2) is 53.4 Å². The maximum absolute atomic E-state index is 14.2. The minimum Gasteiger partial charge on any atom is -0.507 e. The molecule has 2 aliphatic rings. The molecule has 0 saturated carbocycles. The number of phenolic OH excluding ortho intramolecular Hbond substituents is 2. The second-order valence-electron chi connectivity index (χ2n) is 11.0. The maximum Gasteiger partial charge on any atom is 0.194 e. The summed E-state index contributed by atoms with van der Waals surface area (Å²) in [6.45, 7) is 9.85. The molecule has 10 heteroatoms. The highest BCUT2D eigenvalue weighted by molar-refractivity contribution is 6.31. The van der Waals surface area contributed by atoms with E-state index >= 15 is 0 Å². The second-order valence-corrected chi connectivity index (χ2v) is 11.0. The van der Waals surface area contributed by atoms with Crippen molar-refractivity contribution in [3.05, 3.63) is 87.3 Å². The van der Waals surface area contributed by atoms with Crippen molar-refractivity contribution in [2.75, 3.05) is 0 Å². The molecule has 0 radical (unpaired) electrons. The number of ether oxygens (including phenoxy) is 1. The number of Topliss-reactive ketones (excluding diaryl/α,β-unsaturated/α-hetero) is 2. The fraction of sp³-hybridized carbons (Fsp3) is 0.323. The Labute approximate surface area is 237 Å². The van der Waals surface area contributed by atoms with E-state index < -0.39 is 34.6 Å². The van der Waals surface area contributed by atoms with Gasteiger partial charge in [0, 0.05) is 23.3 Å². The van der Waals surface area contributed by atoms with Crippen molar-refractivity contribution in [2.24, 2.45) is 0 Å². The van der Waals surface area contributed by atoms with Gasteiger partial charge in [-0.15, -0.1) is 0 Å². The summed E-state index contributed by atoms with van der Waals surface area (Å²) in [4.78, 5) is 44.7. The first-order chi connectivity index (χ1) is 19.4. The number of benzene rings is 2. The molecule has 5 rings (SSSR count). The highest BCUT2D eigenvalue weighted by Gasteiger charge is 2.56. The van der Waals surface area contributed by atoms with Crippen LogP contribution in [0, 0.1) is 6.92 Å². The first-order valence-electron chi connectivity index (χ1n) is 13.4. The molecule has 41 heavy (non-hydrogen) atoms. The summed E-state index contributed by atoms with van der Waals surface area (Å²) in [6.07, 6.45) is 1.70. The van der Waals surface area contributed by atoms with Gasteiger partial charge in [-0.2, -0.15) is 5.10 Å². The molecule has 0 bridgehead atoms. The topological polar surface area (TPSA) is 154 Å². The largest absolute Gasteiger partial charge is 0.507 e. The molecule has 1 aromatic heterocycles. The average molecular weight is 557 g/mol. The van der Waals surface area contributed by atoms with E-state index in [4.69, 9.17) is 4.74 Å². The first-order valence-corrected chi connectivity index (χ1v) is 13.4. The summed E-state index contributed by atoms with van der Waals surface area (Å²) in [6, 6.07) is 9.28. The lowest BCUT2D eigenvalue weighted by atomic mass is 9.70. The van der Waals surface area contributed by atoms with Crippen LogP contribution in [0.4, 0.5) is 0 Å². The van der Waals surface area contributed by atoms with Crippen LogP contribution in [0.2, 0.25) is 0 Å². The fourth-order valence-electron chi connectivity index (χ4n) is 5.46. The molecular formula is C31H32N4O6. The Bertz CT molecular complexity index is 1670. The van der Waals surface area contributed by atoms with E-state index in [9.17, 15) is 24.6 Å². The molecule has 2 atom stereocenters. The number of rotatable bonds is 7. The number of fused-ring (bicyclic) bond motifs is 3. The minimum absolute atomic E-state index is 0.0144. The van der Waals surface area contributed by atoms with E-state index in [-0.39, 0.29) is 45.4 Å². The fourth-order valence-corrected chi connectivity index (χ4v) is 5.46. The zero-order valence-electron chi connectivity index (χ0n) is 23.7. The molecule has 0 amide bonds. The Morgan fingerprint density at radius 1 is 1.12 bits per heavy atom. The Morgan fingerprint density at radius 2 is 1.80 bits per heavy atom. The standard InChI is InChI=1S/C31H32N4O6/c1-14(2)29-33-30(35-34-29)19(12-18-10-8-7-9-11-18)32-16(4)22-20(37)13-21-31(6,28(22)40)24-26(39)15(3)25(38)23(17(5)36)27(24)41-21/h7-11,13-14,19,32,38-39H,12H2,1-6H3,(H,33,34,35)/b22-16+/t19-,31+/m1/s1. The number of nitrogens with zero attached hydrogens (tertiary/aromatic N) is 2. The molecule has 1 aliphatic carbocycles. The van der Waals surface area contributed by atoms with E-state index in [1.807, 2.05) is 44.2 Å². The van der Waals surface area contributed by atoms with Crippen molar-refractivity contribution < 1.29 is 29.3 Å². The van der Waals surface area contributed by atoms with Gasteiger partial charge in [0.05, 0.1) is 17.2 Å². The van der Waals surface area contributed by atoms with Crippen LogP contribution in [-0.4, -0.2) is 42.7 Å². The zero-order chi connectivity index (χ0) is 29.8. The third-order valence-electron chi connectivity index (χ3n) is 7.80. The summed E-state index contributed by atoms with van der Waals surface area (Å²) in [7, 11) is 0. The molecule has 0 unspecified atom stereocenters. The molecule has 0 saturated heterocycles. The Morgan fingerprint density at radius 3 is 2.41 bits per heavy atom. The number of aromatic amines is 1. The molecular weight excluding hydrogens is 524 g/mol. The second kappa shape index (κ2) is 10.0. The molecule has 2 heterocycles. The predicted molar refractivity (Wildman–Crippen MR) is 150 cm³/mol. The molecule has 212 valence electrons. The van der Waals surface area contributed by atoms with E-state index in [1.165, 1.54) is 19.9 Å². The van der Waals surface area contributed by atoms with Crippen LogP contribution in [0.1, 0.15) is 85.3 Å². The number of hydrogen-bond donors (Lipinski definition) is 4. The maximum atomic E-state index is 14.2. The summed E-state index contributed by atoms with van der Waals surface area (Å²) in [5.74, 6) is -1.32. The molecule has 10 nitrogen and oxygen atoms in total. The van der Waals surface area contributed by atoms with Crippen LogP contribution < -0.4 is 10.1 Å². The summed E-state index contributed by atoms with van der Waals surface area (Å²) in [5, 5.41) is 32.3. The normalized spacial score (nSPS) is 19.8. The number of allylic oxidation sites excluding steroid dienone is 4. The zero-order valence-corrected chi connectivity index (χ0v) is 23.7. The van der Waals surface area contributed by atoms with E-state index in [0.29, 0.717) is 23.8 Å². The van der Waals surface area contributed by atoms with Gasteiger partial charge in [-0.05, 0) is 39.7 Å². The van der Waals surface area contributed by atoms with Gasteiger partial charge in [0.15, 0.2) is 23.2 Å². The molecule has 4 N–H and O–H groups in total. The van der Waals surface area contributed by atoms with Crippen molar-refractivity contribution in [3.8, 4) is 17.2 Å². The quantitative estimate of drug-likeness (QED) is 0.188. The van der Waals surface area contributed by atoms with Crippen LogP contribution in [0.5, 0.6) is 17.2 Å². The molecule has 1 aliphatic heterocycles. The molecule has 2 aromatic carbocycles. The Kier molecular flexibility index (Phi) is 6.81. The summed E-state index contributed by atoms with van der Waals surface area (Å²) in [5.41, 5.74) is -0.444. The van der Waals surface area contributed by atoms with E-state index in [1.54, 1.807) is 13.8 Å². The highest BCUT2D eigenvalue weighted by atomic mass is 16.5. The number of H-pyrrole nitrogens is 1. The summed E-state index contributed by atoms with van der Waals surface area (Å²) < 4.78 is 5.86. The van der Waals surface area contributed by atoms with E-state index in [2.05, 4.69) is 20.5 Å². The highest BCUT2D eigenvalue weighted by Crippen LogP contribution is 2.57. The lowest BCUT2D eigenvalue weighted by Gasteiger charge is -2.29. The van der Waals surface area contributed by atoms with Crippen molar-refractivity contribution >= 4 is 17.3 Å². The number of phenols is 2. The first kappa shape index (κ1) is 27.8. The number of nitrogens with one attached hydrogen (secondary N) is 2. The smallest absolute Gasteiger partial charge is 0.194 e. The third kappa shape index (κ3) is 4.39. The van der Waals surface area contributed by atoms with Crippen LogP contribution in [0.3, 0.4) is 0 Å². The van der Waals surface area contributed by atoms with Crippen molar-refractivity contribution in [1.29, 1.82) is 0 Å². The summed E-state index contributed by atoms with van der Waals surface area (Å²) >= 11 is 0. The van der Waals surface area contributed by atoms with Crippen LogP contribution >= 0.6 is 0 Å². The number of aromatic nitrogens is 3. The van der Waals surface area contributed by atoms with E-state index in [0.717, 1.165) is 5.56 Å². The van der Waals surface area contributed by atoms with Crippen molar-refractivity contribution in [2.45, 2.75) is 65.3 Å². The molecule has 3 aromatic rings.